The van der Waals surface area contributed by atoms with Crippen molar-refractivity contribution in [2.24, 2.45) is 41.2 Å². The van der Waals surface area contributed by atoms with E-state index in [0.29, 0.717) is 24.8 Å². The van der Waals surface area contributed by atoms with Crippen LogP contribution in [0.1, 0.15) is 94.9 Å². The summed E-state index contributed by atoms with van der Waals surface area (Å²) in [5, 5.41) is 45.7. The molecule has 0 spiro atoms. The first kappa shape index (κ1) is 51.3. The minimum atomic E-state index is -1.07. The van der Waals surface area contributed by atoms with Crippen molar-refractivity contribution in [3.05, 3.63) is 59.4 Å². The number of allylic oxidation sites excluding steroid dienone is 6. The summed E-state index contributed by atoms with van der Waals surface area (Å²) in [6.45, 7) is 18.9. The minimum Gasteiger partial charge on any atom is -0.490 e. The second-order valence-corrected chi connectivity index (χ2v) is 17.3. The molecule has 3 heterocycles. The van der Waals surface area contributed by atoms with E-state index in [4.69, 9.17) is 38.9 Å². The number of aliphatic hydroxyl groups is 4. The monoisotopic (exact) mass is 850 g/mol. The van der Waals surface area contributed by atoms with Crippen LogP contribution in [0.4, 0.5) is 4.79 Å². The predicted octanol–water partition coefficient (Wildman–Crippen LogP) is 5.66. The Labute approximate surface area is 357 Å². The number of carbonyl (C=O) groups is 2. The molecule has 1 amide bonds. The lowest BCUT2D eigenvalue weighted by molar-refractivity contribution is -0.279. The van der Waals surface area contributed by atoms with Crippen molar-refractivity contribution in [3.8, 4) is 0 Å². The maximum atomic E-state index is 13.9. The predicted molar refractivity (Wildman–Crippen MR) is 227 cm³/mol. The summed E-state index contributed by atoms with van der Waals surface area (Å²) >= 11 is 0. The number of rotatable bonds is 11. The van der Waals surface area contributed by atoms with E-state index in [2.05, 4.69) is 0 Å². The normalized spacial score (nSPS) is 41.4. The fourth-order valence-electron chi connectivity index (χ4n) is 8.94. The number of esters is 1. The SMILES string of the molecule is C/C=C/[C@H]1O[C@@H]([C@@H](C)[C@H](O)[C@@H](C)[C@H]2OC(=O)/C(OC)=C/C(C)=C/[C@@H](C)[C@@H](O)[C@@H](CC)[C@@H](O)[C@H](C)C/C(C)=C/C=C/[C@@H]2OC)C[C@@H](O[C@H]2C[C@@H](O)[C@H](OC(N)=O)[C@@H](C)O2)[C@@H]1C. The highest BCUT2D eigenvalue weighted by Gasteiger charge is 2.46. The van der Waals surface area contributed by atoms with Gasteiger partial charge in [0.1, 0.15) is 12.2 Å². The van der Waals surface area contributed by atoms with Gasteiger partial charge >= 0.3 is 12.1 Å². The molecule has 2 fully saturated rings. The fourth-order valence-corrected chi connectivity index (χ4v) is 8.94. The van der Waals surface area contributed by atoms with Crippen molar-refractivity contribution in [3.63, 3.8) is 0 Å². The van der Waals surface area contributed by atoms with Crippen molar-refractivity contribution in [2.75, 3.05) is 14.2 Å². The van der Waals surface area contributed by atoms with Crippen LogP contribution in [0.25, 0.3) is 0 Å². The smallest absolute Gasteiger partial charge is 0.404 e. The van der Waals surface area contributed by atoms with Gasteiger partial charge < -0.3 is 59.3 Å². The topological polar surface area (TPSA) is 206 Å². The Bertz CT molecular complexity index is 1510. The maximum absolute atomic E-state index is 13.9. The molecule has 18 atom stereocenters. The molecule has 0 aliphatic carbocycles. The van der Waals surface area contributed by atoms with E-state index in [9.17, 15) is 30.0 Å². The van der Waals surface area contributed by atoms with Crippen LogP contribution in [0.15, 0.2) is 59.4 Å². The van der Waals surface area contributed by atoms with Gasteiger partial charge in [-0.25, -0.2) is 9.59 Å². The highest BCUT2D eigenvalue weighted by atomic mass is 16.7. The zero-order chi connectivity index (χ0) is 45.0. The minimum absolute atomic E-state index is 0.0583. The summed E-state index contributed by atoms with van der Waals surface area (Å²) in [6, 6.07) is 0. The molecular weight excluding hydrogens is 775 g/mol. The molecule has 3 aliphatic heterocycles. The summed E-state index contributed by atoms with van der Waals surface area (Å²) in [6.07, 6.45) is 4.25. The van der Waals surface area contributed by atoms with Crippen LogP contribution in [0, 0.1) is 35.5 Å². The highest BCUT2D eigenvalue weighted by molar-refractivity contribution is 5.87. The molecule has 6 N–H and O–H groups in total. The van der Waals surface area contributed by atoms with E-state index in [1.54, 1.807) is 32.9 Å². The summed E-state index contributed by atoms with van der Waals surface area (Å²) in [5.74, 6) is -2.97. The Hall–Kier alpha value is -3.08. The number of ether oxygens (including phenoxy) is 7. The van der Waals surface area contributed by atoms with Crippen LogP contribution in [0.2, 0.25) is 0 Å². The number of cyclic esters (lactones) is 1. The zero-order valence-electron chi connectivity index (χ0n) is 37.8. The number of aliphatic hydroxyl groups excluding tert-OH is 4. The lowest BCUT2D eigenvalue weighted by Gasteiger charge is -2.46. The summed E-state index contributed by atoms with van der Waals surface area (Å²) in [4.78, 5) is 25.3. The van der Waals surface area contributed by atoms with Gasteiger partial charge in [-0.1, -0.05) is 89.1 Å². The summed E-state index contributed by atoms with van der Waals surface area (Å²) in [7, 11) is 2.89. The molecule has 14 nitrogen and oxygen atoms in total. The summed E-state index contributed by atoms with van der Waals surface area (Å²) in [5.41, 5.74) is 6.87. The van der Waals surface area contributed by atoms with Crippen molar-refractivity contribution >= 4 is 12.1 Å². The number of hydrogen-bond donors (Lipinski definition) is 5. The molecule has 0 bridgehead atoms. The molecule has 60 heavy (non-hydrogen) atoms. The van der Waals surface area contributed by atoms with Crippen molar-refractivity contribution in [2.45, 2.75) is 168 Å². The number of primary amides is 1. The van der Waals surface area contributed by atoms with Gasteiger partial charge in [0, 0.05) is 49.5 Å². The van der Waals surface area contributed by atoms with Gasteiger partial charge in [-0.05, 0) is 52.5 Å². The Balaban J connectivity index is 1.96. The van der Waals surface area contributed by atoms with E-state index in [1.165, 1.54) is 14.2 Å². The molecule has 2 saturated heterocycles. The largest absolute Gasteiger partial charge is 0.490 e. The Kier molecular flexibility index (Phi) is 20.5. The van der Waals surface area contributed by atoms with Crippen LogP contribution in [0.5, 0.6) is 0 Å². The second kappa shape index (κ2) is 23.9. The van der Waals surface area contributed by atoms with Crippen LogP contribution < -0.4 is 5.73 Å². The van der Waals surface area contributed by atoms with Crippen LogP contribution >= 0.6 is 0 Å². The third kappa shape index (κ3) is 13.7. The molecule has 342 valence electrons. The molecule has 3 aliphatic rings. The van der Waals surface area contributed by atoms with E-state index in [1.807, 2.05) is 78.8 Å². The highest BCUT2D eigenvalue weighted by Crippen LogP contribution is 2.38. The maximum Gasteiger partial charge on any atom is 0.404 e. The molecule has 0 aromatic rings. The number of nitrogens with two attached hydrogens (primary N) is 1. The van der Waals surface area contributed by atoms with Gasteiger partial charge in [0.25, 0.3) is 0 Å². The summed E-state index contributed by atoms with van der Waals surface area (Å²) < 4.78 is 41.9. The molecular formula is C46H75NO13. The Morgan fingerprint density at radius 3 is 2.30 bits per heavy atom. The number of hydrogen-bond acceptors (Lipinski definition) is 13. The van der Waals surface area contributed by atoms with Crippen LogP contribution in [-0.2, 0) is 38.0 Å². The second-order valence-electron chi connectivity index (χ2n) is 17.3. The lowest BCUT2D eigenvalue weighted by Crippen LogP contribution is -2.54. The van der Waals surface area contributed by atoms with Gasteiger partial charge in [-0.3, -0.25) is 0 Å². The third-order valence-electron chi connectivity index (χ3n) is 12.6. The van der Waals surface area contributed by atoms with Gasteiger partial charge in [-0.15, -0.1) is 0 Å². The van der Waals surface area contributed by atoms with Crippen molar-refractivity contribution in [1.29, 1.82) is 0 Å². The van der Waals surface area contributed by atoms with Crippen molar-refractivity contribution < 1.29 is 63.2 Å². The molecule has 3 rings (SSSR count). The van der Waals surface area contributed by atoms with E-state index < -0.39 is 91.2 Å². The lowest BCUT2D eigenvalue weighted by atomic mass is 9.79. The van der Waals surface area contributed by atoms with E-state index in [0.717, 1.165) is 5.57 Å². The van der Waals surface area contributed by atoms with Gasteiger partial charge in [0.2, 0.25) is 5.76 Å². The number of carbonyl (C=O) groups excluding carboxylic acids is 2. The van der Waals surface area contributed by atoms with E-state index in [-0.39, 0.29) is 42.0 Å². The van der Waals surface area contributed by atoms with Gasteiger partial charge in [0.05, 0.1) is 55.9 Å². The Morgan fingerprint density at radius 2 is 1.72 bits per heavy atom. The average Bonchev–Trinajstić information content (AvgIpc) is 3.19. The first-order valence-electron chi connectivity index (χ1n) is 21.6. The van der Waals surface area contributed by atoms with E-state index >= 15 is 0 Å². The molecule has 14 heteroatoms. The van der Waals surface area contributed by atoms with Gasteiger partial charge in [0.15, 0.2) is 12.4 Å². The Morgan fingerprint density at radius 1 is 1.03 bits per heavy atom. The van der Waals surface area contributed by atoms with Crippen LogP contribution in [-0.4, -0.2) is 120 Å². The molecule has 0 aromatic heterocycles. The van der Waals surface area contributed by atoms with Crippen LogP contribution in [0.3, 0.4) is 0 Å². The third-order valence-corrected chi connectivity index (χ3v) is 12.6. The first-order valence-corrected chi connectivity index (χ1v) is 21.6. The number of methoxy groups -OCH3 is 2. The van der Waals surface area contributed by atoms with Gasteiger partial charge in [-0.2, -0.15) is 0 Å². The molecule has 0 aromatic carbocycles. The van der Waals surface area contributed by atoms with Crippen molar-refractivity contribution in [1.82, 2.24) is 0 Å². The molecule has 0 radical (unpaired) electrons. The fraction of sp³-hybridized carbons (Fsp3) is 0.739. The molecule has 0 saturated carbocycles. The standard InChI is InChI=1S/C46H75NO13/c1-13-16-34-28(7)36(58-39-22-33(48)44(31(10)56-39)60-46(47)53)23-37(57-34)29(8)42(51)30(9)43-35(54-11)18-15-17-24(3)19-26(5)40(49)32(14-2)41(50)27(6)20-25(4)21-38(55-12)45(52)59-43/h13,15-18,20-21,26-37,39-44,48-51H,14,19,22-23H2,1-12H3,(H2,47,53)/b16-13+,18-15+,24-17+,25-20+,38-21-/t26-,27-,28-,29-,30-,31-,32+,33-,34-,35+,36-,37-,39+,40+,41-,42+,43-,44-/m1/s1. The average molecular weight is 850 g/mol. The zero-order valence-corrected chi connectivity index (χ0v) is 37.8. The quantitative estimate of drug-likeness (QED) is 0.126. The first-order chi connectivity index (χ1) is 28.3. The number of amides is 1. The molecule has 0 unspecified atom stereocenters.